The molecule has 0 radical (unpaired) electrons. The van der Waals surface area contributed by atoms with Crippen LogP contribution < -0.4 is 5.56 Å². The average Bonchev–Trinajstić information content (AvgIpc) is 3.23. The number of nitrogens with one attached hydrogen (secondary N) is 1. The van der Waals surface area contributed by atoms with E-state index in [1.807, 2.05) is 22.9 Å². The number of halogens is 1. The number of fused-ring (bicyclic) bond motifs is 1. The van der Waals surface area contributed by atoms with Crippen molar-refractivity contribution in [2.24, 2.45) is 0 Å². The minimum atomic E-state index is -0.216. The van der Waals surface area contributed by atoms with E-state index in [-0.39, 0.29) is 11.3 Å². The molecule has 0 amide bonds. The lowest BCUT2D eigenvalue weighted by atomic mass is 10.2. The zero-order chi connectivity index (χ0) is 17.4. The molecule has 25 heavy (non-hydrogen) atoms. The van der Waals surface area contributed by atoms with Crippen LogP contribution in [0.1, 0.15) is 11.4 Å². The van der Waals surface area contributed by atoms with Crippen molar-refractivity contribution in [1.82, 2.24) is 9.97 Å². The first-order valence-electron chi connectivity index (χ1n) is 7.34. The van der Waals surface area contributed by atoms with E-state index in [1.54, 1.807) is 41.7 Å². The van der Waals surface area contributed by atoms with E-state index < -0.39 is 0 Å². The Morgan fingerprint density at radius 2 is 2.12 bits per heavy atom. The summed E-state index contributed by atoms with van der Waals surface area (Å²) >= 11 is 9.32. The molecule has 0 atom stereocenters. The third-order valence-electron chi connectivity index (χ3n) is 3.62. The molecule has 0 saturated heterocycles. The Balaban J connectivity index is 1.81. The third-order valence-corrected chi connectivity index (χ3v) is 5.68. The van der Waals surface area contributed by atoms with Gasteiger partial charge in [0.1, 0.15) is 10.6 Å². The maximum atomic E-state index is 12.6. The van der Waals surface area contributed by atoms with Crippen LogP contribution in [0, 0.1) is 0 Å². The largest absolute Gasteiger partial charge is 0.508 e. The first kappa shape index (κ1) is 16.1. The van der Waals surface area contributed by atoms with E-state index >= 15 is 0 Å². The topological polar surface area (TPSA) is 66.0 Å². The van der Waals surface area contributed by atoms with Gasteiger partial charge in [-0.1, -0.05) is 29.8 Å². The highest BCUT2D eigenvalue weighted by Gasteiger charge is 2.14. The Hall–Kier alpha value is -2.41. The molecule has 4 nitrogen and oxygen atoms in total. The average molecular weight is 387 g/mol. The maximum absolute atomic E-state index is 12.6. The Morgan fingerprint density at radius 1 is 1.24 bits per heavy atom. The number of nitrogens with zero attached hydrogens (tertiary/aromatic N) is 1. The number of rotatable bonds is 3. The van der Waals surface area contributed by atoms with Crippen LogP contribution in [0.5, 0.6) is 5.75 Å². The summed E-state index contributed by atoms with van der Waals surface area (Å²) in [6, 6.07) is 10.6. The predicted octanol–water partition coefficient (Wildman–Crippen LogP) is 5.16. The summed E-state index contributed by atoms with van der Waals surface area (Å²) < 4.78 is 0. The molecule has 2 N–H and O–H groups in total. The molecule has 0 aliphatic rings. The highest BCUT2D eigenvalue weighted by molar-refractivity contribution is 7.18. The van der Waals surface area contributed by atoms with Gasteiger partial charge in [-0.2, -0.15) is 0 Å². The summed E-state index contributed by atoms with van der Waals surface area (Å²) in [6.45, 7) is 0. The van der Waals surface area contributed by atoms with Crippen molar-refractivity contribution in [2.45, 2.75) is 0 Å². The number of aromatic nitrogens is 2. The fourth-order valence-corrected chi connectivity index (χ4v) is 4.48. The number of aromatic amines is 1. The van der Waals surface area contributed by atoms with Crippen molar-refractivity contribution in [2.75, 3.05) is 0 Å². The van der Waals surface area contributed by atoms with Crippen LogP contribution in [0.3, 0.4) is 0 Å². The van der Waals surface area contributed by atoms with E-state index in [0.29, 0.717) is 21.1 Å². The third kappa shape index (κ3) is 3.11. The number of hydrogen-bond acceptors (Lipinski definition) is 5. The zero-order valence-corrected chi connectivity index (χ0v) is 15.1. The van der Waals surface area contributed by atoms with Crippen molar-refractivity contribution in [3.63, 3.8) is 0 Å². The Bertz CT molecular complexity index is 1140. The standard InChI is InChI=1S/C18H11ClN2O2S2/c19-13(8-10-3-1-4-11(22)7-10)16-20-17(23)15-12(9-25-18(15)21-16)14-5-2-6-24-14/h1-9,22H,(H,20,21,23)/b13-8-. The Labute approximate surface area is 155 Å². The van der Waals surface area contributed by atoms with Crippen molar-refractivity contribution >= 4 is 55.6 Å². The maximum Gasteiger partial charge on any atom is 0.260 e. The van der Waals surface area contributed by atoms with Crippen LogP contribution in [0.4, 0.5) is 0 Å². The number of H-pyrrole nitrogens is 1. The van der Waals surface area contributed by atoms with E-state index in [1.165, 1.54) is 11.3 Å². The van der Waals surface area contributed by atoms with Gasteiger partial charge < -0.3 is 10.1 Å². The quantitative estimate of drug-likeness (QED) is 0.511. The molecule has 3 heterocycles. The summed E-state index contributed by atoms with van der Waals surface area (Å²) in [7, 11) is 0. The van der Waals surface area contributed by atoms with Crippen LogP contribution in [0.2, 0.25) is 0 Å². The SMILES string of the molecule is O=c1[nH]c(/C(Cl)=C/c2cccc(O)c2)nc2scc(-c3cccs3)c12. The number of benzene rings is 1. The molecule has 1 aromatic carbocycles. The van der Waals surface area contributed by atoms with Crippen molar-refractivity contribution in [1.29, 1.82) is 0 Å². The van der Waals surface area contributed by atoms with E-state index in [0.717, 1.165) is 16.0 Å². The molecule has 124 valence electrons. The fourth-order valence-electron chi connectivity index (χ4n) is 2.50. The Morgan fingerprint density at radius 3 is 2.88 bits per heavy atom. The normalized spacial score (nSPS) is 12.0. The highest BCUT2D eigenvalue weighted by atomic mass is 35.5. The van der Waals surface area contributed by atoms with Gasteiger partial charge in [0.05, 0.1) is 10.4 Å². The van der Waals surface area contributed by atoms with Crippen molar-refractivity contribution in [3.8, 4) is 16.2 Å². The van der Waals surface area contributed by atoms with Crippen LogP contribution in [0.25, 0.3) is 31.8 Å². The lowest BCUT2D eigenvalue weighted by Crippen LogP contribution is -2.10. The minimum Gasteiger partial charge on any atom is -0.508 e. The van der Waals surface area contributed by atoms with E-state index in [4.69, 9.17) is 11.6 Å². The molecule has 0 fully saturated rings. The predicted molar refractivity (Wildman–Crippen MR) is 105 cm³/mol. The van der Waals surface area contributed by atoms with Gasteiger partial charge in [-0.3, -0.25) is 4.79 Å². The molecule has 0 bridgehead atoms. The second-order valence-electron chi connectivity index (χ2n) is 5.31. The molecular weight excluding hydrogens is 376 g/mol. The number of phenols is 1. The van der Waals surface area contributed by atoms with Crippen molar-refractivity contribution < 1.29 is 5.11 Å². The van der Waals surface area contributed by atoms with Gasteiger partial charge in [-0.15, -0.1) is 22.7 Å². The molecular formula is C18H11ClN2O2S2. The fraction of sp³-hybridized carbons (Fsp3) is 0. The lowest BCUT2D eigenvalue weighted by molar-refractivity contribution is 0.475. The molecule has 4 rings (SSSR count). The van der Waals surface area contributed by atoms with Gasteiger partial charge in [0, 0.05) is 15.8 Å². The van der Waals surface area contributed by atoms with Gasteiger partial charge in [-0.05, 0) is 35.2 Å². The smallest absolute Gasteiger partial charge is 0.260 e. The van der Waals surface area contributed by atoms with Crippen LogP contribution in [-0.2, 0) is 0 Å². The summed E-state index contributed by atoms with van der Waals surface area (Å²) in [5.74, 6) is 0.455. The molecule has 0 aliphatic carbocycles. The highest BCUT2D eigenvalue weighted by Crippen LogP contribution is 2.34. The van der Waals surface area contributed by atoms with Gasteiger partial charge >= 0.3 is 0 Å². The van der Waals surface area contributed by atoms with Crippen molar-refractivity contribution in [3.05, 3.63) is 68.9 Å². The molecule has 0 spiro atoms. The molecule has 0 saturated carbocycles. The monoisotopic (exact) mass is 386 g/mol. The zero-order valence-electron chi connectivity index (χ0n) is 12.7. The molecule has 0 unspecified atom stereocenters. The number of phenolic OH excluding ortho intramolecular Hbond substituents is 1. The number of hydrogen-bond donors (Lipinski definition) is 2. The van der Waals surface area contributed by atoms with Crippen LogP contribution in [-0.4, -0.2) is 15.1 Å². The molecule has 4 aromatic rings. The molecule has 7 heteroatoms. The van der Waals surface area contributed by atoms with E-state index in [2.05, 4.69) is 9.97 Å². The number of aromatic hydroxyl groups is 1. The van der Waals surface area contributed by atoms with E-state index in [9.17, 15) is 9.90 Å². The summed E-state index contributed by atoms with van der Waals surface area (Å²) in [4.78, 5) is 21.5. The lowest BCUT2D eigenvalue weighted by Gasteiger charge is -2.01. The first-order valence-corrected chi connectivity index (χ1v) is 9.47. The van der Waals surface area contributed by atoms with Gasteiger partial charge in [0.25, 0.3) is 5.56 Å². The van der Waals surface area contributed by atoms with Crippen LogP contribution >= 0.6 is 34.3 Å². The van der Waals surface area contributed by atoms with Gasteiger partial charge in [-0.25, -0.2) is 4.98 Å². The molecule has 3 aromatic heterocycles. The Kier molecular flexibility index (Phi) is 4.17. The van der Waals surface area contributed by atoms with Crippen LogP contribution in [0.15, 0.2) is 52.0 Å². The second kappa shape index (κ2) is 6.48. The summed E-state index contributed by atoms with van der Waals surface area (Å²) in [5.41, 5.74) is 1.40. The van der Waals surface area contributed by atoms with Gasteiger partial charge in [0.15, 0.2) is 5.82 Å². The minimum absolute atomic E-state index is 0.147. The number of thiophene rings is 2. The summed E-state index contributed by atoms with van der Waals surface area (Å²) in [6.07, 6.45) is 1.65. The van der Waals surface area contributed by atoms with Gasteiger partial charge in [0.2, 0.25) is 0 Å². The second-order valence-corrected chi connectivity index (χ2v) is 7.52. The molecule has 0 aliphatic heterocycles. The summed E-state index contributed by atoms with van der Waals surface area (Å²) in [5, 5.41) is 14.3. The first-order chi connectivity index (χ1) is 12.1.